The van der Waals surface area contributed by atoms with Crippen LogP contribution in [0.2, 0.25) is 0 Å². The van der Waals surface area contributed by atoms with Crippen LogP contribution < -0.4 is 11.1 Å². The molecule has 0 aromatic heterocycles. The van der Waals surface area contributed by atoms with Gasteiger partial charge in [-0.05, 0) is 77.9 Å². The summed E-state index contributed by atoms with van der Waals surface area (Å²) in [6.07, 6.45) is 1.60. The van der Waals surface area contributed by atoms with E-state index in [4.69, 9.17) is 5.73 Å². The van der Waals surface area contributed by atoms with Gasteiger partial charge in [0.1, 0.15) is 11.6 Å². The molecule has 0 fully saturated rings. The number of nitrogens with one attached hydrogen (secondary N) is 1. The summed E-state index contributed by atoms with van der Waals surface area (Å²) < 4.78 is 27.1. The minimum Gasteiger partial charge on any atom is -0.399 e. The number of aryl methyl sites for hydroxylation is 1. The summed E-state index contributed by atoms with van der Waals surface area (Å²) in [5.74, 6) is -0.413. The van der Waals surface area contributed by atoms with E-state index in [0.717, 1.165) is 61.4 Å². The van der Waals surface area contributed by atoms with Gasteiger partial charge in [0.05, 0.1) is 0 Å². The molecule has 3 N–H and O–H groups in total. The summed E-state index contributed by atoms with van der Waals surface area (Å²) in [7, 11) is 0. The molecule has 1 aliphatic heterocycles. The van der Waals surface area contributed by atoms with Gasteiger partial charge < -0.3 is 11.1 Å². The molecule has 3 nitrogen and oxygen atoms in total. The van der Waals surface area contributed by atoms with Crippen molar-refractivity contribution in [3.8, 4) is 0 Å². The molecule has 0 radical (unpaired) electrons. The molecule has 4 rings (SSSR count). The van der Waals surface area contributed by atoms with Crippen LogP contribution in [0.4, 0.5) is 14.5 Å². The monoisotopic (exact) mass is 421 g/mol. The number of benzene rings is 3. The average Bonchev–Trinajstić information content (AvgIpc) is 2.75. The molecule has 1 heterocycles. The first-order chi connectivity index (χ1) is 15.0. The van der Waals surface area contributed by atoms with E-state index in [2.05, 4.69) is 16.3 Å². The maximum absolute atomic E-state index is 13.8. The lowest BCUT2D eigenvalue weighted by atomic mass is 9.90. The molecule has 5 heteroatoms. The van der Waals surface area contributed by atoms with Gasteiger partial charge in [-0.3, -0.25) is 4.90 Å². The van der Waals surface area contributed by atoms with Crippen molar-refractivity contribution in [2.75, 3.05) is 18.8 Å². The highest BCUT2D eigenvalue weighted by Crippen LogP contribution is 2.26. The third-order valence-electron chi connectivity index (χ3n) is 6.15. The van der Waals surface area contributed by atoms with E-state index in [9.17, 15) is 8.78 Å². The lowest BCUT2D eigenvalue weighted by molar-refractivity contribution is 0.170. The van der Waals surface area contributed by atoms with E-state index in [1.807, 2.05) is 37.3 Å². The summed E-state index contributed by atoms with van der Waals surface area (Å²) in [5.41, 5.74) is 12.5. The van der Waals surface area contributed by atoms with Gasteiger partial charge in [0, 0.05) is 37.9 Å². The first kappa shape index (κ1) is 21.5. The minimum atomic E-state index is -0.224. The molecular weight excluding hydrogens is 392 g/mol. The average molecular weight is 422 g/mol. The summed E-state index contributed by atoms with van der Waals surface area (Å²) in [6.45, 7) is 5.28. The highest BCUT2D eigenvalue weighted by molar-refractivity contribution is 5.48. The Hall–Kier alpha value is -2.76. The predicted octanol–water partition coefficient (Wildman–Crippen LogP) is 4.61. The van der Waals surface area contributed by atoms with Crippen molar-refractivity contribution in [1.29, 1.82) is 0 Å². The van der Waals surface area contributed by atoms with E-state index < -0.39 is 0 Å². The molecule has 0 bridgehead atoms. The molecule has 1 aliphatic rings. The van der Waals surface area contributed by atoms with Gasteiger partial charge in [0.25, 0.3) is 0 Å². The Labute approximate surface area is 182 Å². The molecule has 3 aromatic rings. The molecule has 162 valence electrons. The Bertz CT molecular complexity index is 1030. The van der Waals surface area contributed by atoms with Crippen molar-refractivity contribution in [2.45, 2.75) is 38.9 Å². The molecule has 0 aliphatic carbocycles. The molecule has 0 saturated carbocycles. The Kier molecular flexibility index (Phi) is 6.64. The van der Waals surface area contributed by atoms with Crippen LogP contribution in [0.3, 0.4) is 0 Å². The molecule has 1 unspecified atom stereocenters. The first-order valence-electron chi connectivity index (χ1n) is 10.8. The predicted molar refractivity (Wildman–Crippen MR) is 122 cm³/mol. The van der Waals surface area contributed by atoms with Gasteiger partial charge in [0.15, 0.2) is 0 Å². The maximum atomic E-state index is 13.8. The highest BCUT2D eigenvalue weighted by atomic mass is 19.1. The zero-order valence-electron chi connectivity index (χ0n) is 17.9. The van der Waals surface area contributed by atoms with Crippen LogP contribution in [-0.2, 0) is 25.9 Å². The fraction of sp³-hybridized carbons (Fsp3) is 0.308. The van der Waals surface area contributed by atoms with Crippen molar-refractivity contribution >= 4 is 5.69 Å². The molecule has 1 atom stereocenters. The summed E-state index contributed by atoms with van der Waals surface area (Å²) in [6, 6.07) is 18.2. The van der Waals surface area contributed by atoms with Crippen molar-refractivity contribution in [3.63, 3.8) is 0 Å². The second-order valence-corrected chi connectivity index (χ2v) is 8.44. The van der Waals surface area contributed by atoms with Crippen molar-refractivity contribution in [3.05, 3.63) is 100 Å². The van der Waals surface area contributed by atoms with Crippen LogP contribution in [0.25, 0.3) is 0 Å². The molecule has 31 heavy (non-hydrogen) atoms. The van der Waals surface area contributed by atoms with E-state index >= 15 is 0 Å². The van der Waals surface area contributed by atoms with Crippen molar-refractivity contribution < 1.29 is 8.78 Å². The summed E-state index contributed by atoms with van der Waals surface area (Å²) >= 11 is 0. The Morgan fingerprint density at radius 2 is 1.68 bits per heavy atom. The quantitative estimate of drug-likeness (QED) is 0.432. The summed E-state index contributed by atoms with van der Waals surface area (Å²) in [5, 5.41) is 3.51. The fourth-order valence-electron chi connectivity index (χ4n) is 4.28. The number of nitrogen functional groups attached to an aromatic ring is 1. The number of rotatable bonds is 7. The van der Waals surface area contributed by atoms with E-state index in [1.54, 1.807) is 6.07 Å². The smallest absolute Gasteiger partial charge is 0.123 e. The van der Waals surface area contributed by atoms with Crippen LogP contribution in [0.5, 0.6) is 0 Å². The number of fused-ring (bicyclic) bond motifs is 1. The Morgan fingerprint density at radius 1 is 0.935 bits per heavy atom. The van der Waals surface area contributed by atoms with Gasteiger partial charge in [0.2, 0.25) is 0 Å². The third kappa shape index (κ3) is 5.49. The second-order valence-electron chi connectivity index (χ2n) is 8.44. The van der Waals surface area contributed by atoms with Crippen LogP contribution in [0, 0.1) is 18.6 Å². The van der Waals surface area contributed by atoms with Gasteiger partial charge in [-0.15, -0.1) is 0 Å². The molecule has 0 saturated heterocycles. The normalized spacial score (nSPS) is 16.3. The van der Waals surface area contributed by atoms with E-state index in [0.29, 0.717) is 0 Å². The van der Waals surface area contributed by atoms with Crippen LogP contribution in [0.1, 0.15) is 27.8 Å². The van der Waals surface area contributed by atoms with Gasteiger partial charge >= 0.3 is 0 Å². The van der Waals surface area contributed by atoms with E-state index in [-0.39, 0.29) is 17.7 Å². The lowest BCUT2D eigenvalue weighted by Crippen LogP contribution is -2.44. The zero-order valence-corrected chi connectivity index (χ0v) is 17.9. The van der Waals surface area contributed by atoms with Gasteiger partial charge in [-0.2, -0.15) is 0 Å². The number of anilines is 1. The Morgan fingerprint density at radius 3 is 2.45 bits per heavy atom. The number of nitrogens with two attached hydrogens (primary N) is 1. The van der Waals surface area contributed by atoms with E-state index in [1.165, 1.54) is 29.3 Å². The largest absolute Gasteiger partial charge is 0.399 e. The second kappa shape index (κ2) is 9.58. The van der Waals surface area contributed by atoms with Gasteiger partial charge in [-0.1, -0.05) is 30.3 Å². The summed E-state index contributed by atoms with van der Waals surface area (Å²) in [4.78, 5) is 2.44. The van der Waals surface area contributed by atoms with Crippen molar-refractivity contribution in [1.82, 2.24) is 10.2 Å². The highest BCUT2D eigenvalue weighted by Gasteiger charge is 2.26. The first-order valence-corrected chi connectivity index (χ1v) is 10.8. The van der Waals surface area contributed by atoms with Crippen LogP contribution >= 0.6 is 0 Å². The number of nitrogens with zero attached hydrogens (tertiary/aromatic N) is 1. The topological polar surface area (TPSA) is 41.3 Å². The Balaban J connectivity index is 1.41. The fourth-order valence-corrected chi connectivity index (χ4v) is 4.28. The molecular formula is C26H29F2N3. The number of hydrogen-bond donors (Lipinski definition) is 2. The lowest BCUT2D eigenvalue weighted by Gasteiger charge is -2.37. The SMILES string of the molecule is Cc1ccc(CNCCN2Cc3ccc(F)cc3CC2Cc2ccc(F)cc2)cc1N. The van der Waals surface area contributed by atoms with Crippen molar-refractivity contribution in [2.24, 2.45) is 0 Å². The number of halogens is 2. The molecule has 0 amide bonds. The molecule has 0 spiro atoms. The number of hydrogen-bond acceptors (Lipinski definition) is 3. The van der Waals surface area contributed by atoms with Crippen LogP contribution in [0.15, 0.2) is 60.7 Å². The molecule has 3 aromatic carbocycles. The van der Waals surface area contributed by atoms with Gasteiger partial charge in [-0.25, -0.2) is 8.78 Å². The maximum Gasteiger partial charge on any atom is 0.123 e. The minimum absolute atomic E-state index is 0.188. The van der Waals surface area contributed by atoms with Crippen LogP contribution in [-0.4, -0.2) is 24.0 Å². The zero-order chi connectivity index (χ0) is 21.8. The third-order valence-corrected chi connectivity index (χ3v) is 6.15. The standard InChI is InChI=1S/C26H29F2N3/c1-18-2-3-20(13-26(18)29)16-30-10-11-31-17-21-6-9-24(28)14-22(21)15-25(31)12-19-4-7-23(27)8-5-19/h2-9,13-14,25,30H,10-12,15-17,29H2,1H3.